The van der Waals surface area contributed by atoms with Crippen molar-refractivity contribution in [2.24, 2.45) is 14.1 Å². The Hall–Kier alpha value is -4.47. The van der Waals surface area contributed by atoms with Gasteiger partial charge in [-0.25, -0.2) is 9.97 Å². The van der Waals surface area contributed by atoms with E-state index in [1.54, 1.807) is 23.1 Å². The molecular weight excluding hydrogens is 408 g/mol. The number of aromatic nitrogens is 6. The van der Waals surface area contributed by atoms with Crippen LogP contribution in [0, 0.1) is 0 Å². The largest absolute Gasteiger partial charge is 0.441 e. The second kappa shape index (κ2) is 7.99. The number of hydrogen-bond acceptors (Lipinski definition) is 7. The van der Waals surface area contributed by atoms with Gasteiger partial charge in [-0.1, -0.05) is 12.1 Å². The third kappa shape index (κ3) is 3.81. The van der Waals surface area contributed by atoms with Gasteiger partial charge in [-0.2, -0.15) is 10.1 Å². The topological polar surface area (TPSA) is 116 Å². The number of rotatable bonds is 6. The molecule has 0 bridgehead atoms. The molecule has 0 atom stereocenters. The summed E-state index contributed by atoms with van der Waals surface area (Å²) in [6, 6.07) is 10.1. The van der Waals surface area contributed by atoms with Crippen LogP contribution in [0.4, 0.5) is 17.6 Å². The predicted molar refractivity (Wildman–Crippen MR) is 119 cm³/mol. The van der Waals surface area contributed by atoms with Crippen molar-refractivity contribution in [3.05, 3.63) is 78.4 Å². The molecule has 0 saturated carbocycles. The Morgan fingerprint density at radius 1 is 1.12 bits per heavy atom. The maximum Gasteiger partial charge on any atom is 0.312 e. The monoisotopic (exact) mass is 428 g/mol. The van der Waals surface area contributed by atoms with Gasteiger partial charge in [-0.05, 0) is 23.1 Å². The zero-order chi connectivity index (χ0) is 22.1. The fraction of sp³-hybridized carbons (Fsp3) is 0.136. The van der Waals surface area contributed by atoms with Crippen LogP contribution >= 0.6 is 0 Å². The van der Waals surface area contributed by atoms with E-state index in [1.807, 2.05) is 20.3 Å². The molecule has 1 amide bonds. The summed E-state index contributed by atoms with van der Waals surface area (Å²) in [5.41, 5.74) is 2.96. The molecule has 0 aliphatic heterocycles. The molecule has 0 radical (unpaired) electrons. The number of fused-ring (bicyclic) bond motifs is 1. The lowest BCUT2D eigenvalue weighted by Crippen LogP contribution is -2.16. The summed E-state index contributed by atoms with van der Waals surface area (Å²) < 4.78 is 8.85. The van der Waals surface area contributed by atoms with E-state index in [0.29, 0.717) is 18.2 Å². The molecule has 5 rings (SSSR count). The molecule has 0 saturated heterocycles. The first-order chi connectivity index (χ1) is 15.6. The lowest BCUT2D eigenvalue weighted by Gasteiger charge is -2.12. The van der Waals surface area contributed by atoms with E-state index in [-0.39, 0.29) is 5.89 Å². The highest BCUT2D eigenvalue weighted by molar-refractivity contribution is 6.00. The molecule has 2 N–H and O–H groups in total. The average Bonchev–Trinajstić information content (AvgIpc) is 3.53. The van der Waals surface area contributed by atoms with Gasteiger partial charge in [0.25, 0.3) is 5.89 Å². The van der Waals surface area contributed by atoms with Crippen LogP contribution in [0.25, 0.3) is 10.9 Å². The van der Waals surface area contributed by atoms with Gasteiger partial charge < -0.3 is 19.6 Å². The minimum absolute atomic E-state index is 0.0408. The number of nitrogens with zero attached hydrogens (tertiary/aromatic N) is 6. The number of benzene rings is 1. The number of aryl methyl sites for hydroxylation is 2. The lowest BCUT2D eigenvalue weighted by molar-refractivity contribution is 0.0989. The van der Waals surface area contributed by atoms with Gasteiger partial charge in [0.05, 0.1) is 12.4 Å². The zero-order valence-corrected chi connectivity index (χ0v) is 17.5. The van der Waals surface area contributed by atoms with Crippen LogP contribution in [-0.2, 0) is 20.5 Å². The van der Waals surface area contributed by atoms with Gasteiger partial charge in [0, 0.05) is 50.1 Å². The summed E-state index contributed by atoms with van der Waals surface area (Å²) in [6.07, 6.45) is 8.70. The fourth-order valence-electron chi connectivity index (χ4n) is 3.45. The molecule has 4 aromatic heterocycles. The SMILES string of the molecule is Cn1nccc1Nc1ncc(Cc2ccc3ccn(C)c3c2)c(NC(=O)c2ncco2)n1. The van der Waals surface area contributed by atoms with Crippen LogP contribution in [0.2, 0.25) is 0 Å². The Labute approximate surface area is 182 Å². The molecule has 0 fully saturated rings. The Morgan fingerprint density at radius 3 is 2.81 bits per heavy atom. The number of nitrogens with one attached hydrogen (secondary N) is 2. The normalized spacial score (nSPS) is 11.1. The van der Waals surface area contributed by atoms with Crippen LogP contribution < -0.4 is 10.6 Å². The average molecular weight is 428 g/mol. The predicted octanol–water partition coefficient (Wildman–Crippen LogP) is 3.28. The molecule has 160 valence electrons. The summed E-state index contributed by atoms with van der Waals surface area (Å²) >= 11 is 0. The van der Waals surface area contributed by atoms with E-state index >= 15 is 0 Å². The van der Waals surface area contributed by atoms with E-state index in [2.05, 4.69) is 59.5 Å². The highest BCUT2D eigenvalue weighted by Crippen LogP contribution is 2.23. The van der Waals surface area contributed by atoms with Crippen LogP contribution in [0.15, 0.2) is 65.8 Å². The van der Waals surface area contributed by atoms with Crippen molar-refractivity contribution in [1.82, 2.24) is 29.3 Å². The summed E-state index contributed by atoms with van der Waals surface area (Å²) in [4.78, 5) is 25.5. The van der Waals surface area contributed by atoms with Crippen molar-refractivity contribution in [3.63, 3.8) is 0 Å². The molecule has 0 unspecified atom stereocenters. The molecule has 10 nitrogen and oxygen atoms in total. The van der Waals surface area contributed by atoms with E-state index in [9.17, 15) is 4.79 Å². The number of hydrogen-bond donors (Lipinski definition) is 2. The van der Waals surface area contributed by atoms with E-state index < -0.39 is 5.91 Å². The van der Waals surface area contributed by atoms with Crippen LogP contribution in [-0.4, -0.2) is 35.2 Å². The maximum atomic E-state index is 12.6. The first-order valence-electron chi connectivity index (χ1n) is 9.92. The Balaban J connectivity index is 1.48. The number of carbonyl (C=O) groups is 1. The summed E-state index contributed by atoms with van der Waals surface area (Å²) in [5.74, 6) is 0.898. The number of oxazole rings is 1. The smallest absolute Gasteiger partial charge is 0.312 e. The first kappa shape index (κ1) is 19.5. The Kier molecular flexibility index (Phi) is 4.86. The van der Waals surface area contributed by atoms with Crippen molar-refractivity contribution in [3.8, 4) is 0 Å². The van der Waals surface area contributed by atoms with Crippen LogP contribution in [0.3, 0.4) is 0 Å². The number of amides is 1. The standard InChI is InChI=1S/C22H20N8O2/c1-29-9-6-15-4-3-14(12-17(15)29)11-16-13-24-22(26-18-5-7-25-30(18)2)28-19(16)27-20(31)21-23-8-10-32-21/h3-10,12-13H,11H2,1-2H3,(H2,24,26,27,28,31). The van der Waals surface area contributed by atoms with E-state index in [4.69, 9.17) is 4.42 Å². The molecule has 0 spiro atoms. The number of carbonyl (C=O) groups excluding carboxylic acids is 1. The van der Waals surface area contributed by atoms with Gasteiger partial charge in [0.15, 0.2) is 0 Å². The molecule has 0 aliphatic rings. The molecule has 5 aromatic rings. The fourth-order valence-corrected chi connectivity index (χ4v) is 3.45. The van der Waals surface area contributed by atoms with E-state index in [0.717, 1.165) is 22.5 Å². The highest BCUT2D eigenvalue weighted by Gasteiger charge is 2.16. The number of anilines is 3. The molecule has 0 aliphatic carbocycles. The minimum Gasteiger partial charge on any atom is -0.441 e. The van der Waals surface area contributed by atoms with Crippen LogP contribution in [0.1, 0.15) is 21.8 Å². The molecular formula is C22H20N8O2. The second-order valence-electron chi connectivity index (χ2n) is 7.32. The summed E-state index contributed by atoms with van der Waals surface area (Å²) in [5, 5.41) is 11.2. The van der Waals surface area contributed by atoms with Crippen molar-refractivity contribution in [2.75, 3.05) is 10.6 Å². The third-order valence-electron chi connectivity index (χ3n) is 5.13. The Morgan fingerprint density at radius 2 is 2.03 bits per heavy atom. The molecule has 1 aromatic carbocycles. The van der Waals surface area contributed by atoms with E-state index in [1.165, 1.54) is 17.8 Å². The molecule has 10 heteroatoms. The van der Waals surface area contributed by atoms with Gasteiger partial charge in [0.1, 0.15) is 17.9 Å². The maximum absolute atomic E-state index is 12.6. The zero-order valence-electron chi connectivity index (χ0n) is 17.5. The first-order valence-corrected chi connectivity index (χ1v) is 9.92. The summed E-state index contributed by atoms with van der Waals surface area (Å²) in [7, 11) is 3.82. The van der Waals surface area contributed by atoms with Gasteiger partial charge >= 0.3 is 5.91 Å². The molecule has 4 heterocycles. The van der Waals surface area contributed by atoms with Gasteiger partial charge in [-0.3, -0.25) is 9.48 Å². The third-order valence-corrected chi connectivity index (χ3v) is 5.13. The Bertz CT molecular complexity index is 1400. The quantitative estimate of drug-likeness (QED) is 0.426. The van der Waals surface area contributed by atoms with Crippen molar-refractivity contribution < 1.29 is 9.21 Å². The summed E-state index contributed by atoms with van der Waals surface area (Å²) in [6.45, 7) is 0. The second-order valence-corrected chi connectivity index (χ2v) is 7.32. The van der Waals surface area contributed by atoms with Gasteiger partial charge in [0.2, 0.25) is 5.95 Å². The molecule has 32 heavy (non-hydrogen) atoms. The van der Waals surface area contributed by atoms with Gasteiger partial charge in [-0.15, -0.1) is 0 Å². The lowest BCUT2D eigenvalue weighted by atomic mass is 10.1. The minimum atomic E-state index is -0.487. The van der Waals surface area contributed by atoms with Crippen LogP contribution in [0.5, 0.6) is 0 Å². The highest BCUT2D eigenvalue weighted by atomic mass is 16.3. The van der Waals surface area contributed by atoms with Crippen molar-refractivity contribution in [1.29, 1.82) is 0 Å². The van der Waals surface area contributed by atoms with Crippen molar-refractivity contribution >= 4 is 34.4 Å². The van der Waals surface area contributed by atoms with Crippen molar-refractivity contribution in [2.45, 2.75) is 6.42 Å².